The second kappa shape index (κ2) is 7.24. The van der Waals surface area contributed by atoms with Crippen molar-refractivity contribution in [2.45, 2.75) is 76.6 Å². The van der Waals surface area contributed by atoms with E-state index < -0.39 is 11.6 Å². The fourth-order valence-electron chi connectivity index (χ4n) is 3.38. The summed E-state index contributed by atoms with van der Waals surface area (Å²) in [5.74, 6) is -0.978. The first-order chi connectivity index (χ1) is 11.1. The Bertz CT molecular complexity index is 558. The van der Waals surface area contributed by atoms with E-state index in [2.05, 4.69) is 19.6 Å². The van der Waals surface area contributed by atoms with Gasteiger partial charge in [0.05, 0.1) is 17.3 Å². The normalized spacial score (nSPS) is 41.2. The number of carbonyl (C=O) groups is 1. The first kappa shape index (κ1) is 18.9. The molecule has 2 aliphatic rings. The van der Waals surface area contributed by atoms with Crippen molar-refractivity contribution in [1.82, 2.24) is 0 Å². The molecule has 0 aromatic rings. The smallest absolute Gasteiger partial charge is 0.331 e. The number of allylic oxidation sites excluding steroid dienone is 2. The van der Waals surface area contributed by atoms with Gasteiger partial charge in [0.25, 0.3) is 0 Å². The fraction of sp³-hybridized carbons (Fsp3) is 0.650. The lowest BCUT2D eigenvalue weighted by atomic mass is 9.85. The fourth-order valence-corrected chi connectivity index (χ4v) is 3.38. The van der Waals surface area contributed by atoms with E-state index in [4.69, 9.17) is 4.74 Å². The van der Waals surface area contributed by atoms with E-state index in [-0.39, 0.29) is 23.2 Å². The number of hydrogen-bond acceptors (Lipinski definition) is 3. The third kappa shape index (κ3) is 5.05. The molecular formula is C20H30O4. The second-order valence-corrected chi connectivity index (χ2v) is 7.77. The molecule has 4 nitrogen and oxygen atoms in total. The number of rotatable bonds is 2. The van der Waals surface area contributed by atoms with Crippen LogP contribution in [0.3, 0.4) is 0 Å². The summed E-state index contributed by atoms with van der Waals surface area (Å²) in [4.78, 5) is 11.3. The van der Waals surface area contributed by atoms with E-state index in [1.807, 2.05) is 26.0 Å². The van der Waals surface area contributed by atoms with Crippen LogP contribution in [0.4, 0.5) is 0 Å². The van der Waals surface area contributed by atoms with E-state index in [0.717, 1.165) is 25.7 Å². The van der Waals surface area contributed by atoms with E-state index in [9.17, 15) is 15.0 Å². The Morgan fingerprint density at radius 1 is 1.42 bits per heavy atom. The summed E-state index contributed by atoms with van der Waals surface area (Å²) in [5, 5.41) is 19.7. The molecule has 1 heterocycles. The number of hydrogen-bond donors (Lipinski definition) is 2. The van der Waals surface area contributed by atoms with Gasteiger partial charge < -0.3 is 14.9 Å². The van der Waals surface area contributed by atoms with Crippen molar-refractivity contribution in [3.05, 3.63) is 36.0 Å². The first-order valence-corrected chi connectivity index (χ1v) is 8.78. The van der Waals surface area contributed by atoms with Gasteiger partial charge in [0.2, 0.25) is 0 Å². The van der Waals surface area contributed by atoms with E-state index in [1.54, 1.807) is 0 Å². The molecule has 4 heteroatoms. The molecule has 0 saturated carbocycles. The van der Waals surface area contributed by atoms with Crippen LogP contribution in [0.1, 0.15) is 59.3 Å². The van der Waals surface area contributed by atoms with Crippen LogP contribution in [0.25, 0.3) is 0 Å². The van der Waals surface area contributed by atoms with Gasteiger partial charge in [0.1, 0.15) is 0 Å². The standard InChI is InChI=1S/C20H30O4/c1-14-7-5-10-19(3,23)11-6-12-20(4)17(24-20)13-16(9-8-14)15(2)18(21)22/h6-7,11,16-17,23H,2,5,8-10,12-13H2,1,3-4H3,(H,21,22)/b11-6+,14-7+/t16-,17+,19+,20+/m0/s1. The third-order valence-electron chi connectivity index (χ3n) is 5.33. The molecule has 2 rings (SSSR count). The van der Waals surface area contributed by atoms with E-state index in [1.165, 1.54) is 5.57 Å². The minimum absolute atomic E-state index is 0.0559. The van der Waals surface area contributed by atoms with Crippen LogP contribution in [0, 0.1) is 5.92 Å². The topological polar surface area (TPSA) is 70.1 Å². The van der Waals surface area contributed by atoms with Crippen molar-refractivity contribution in [2.24, 2.45) is 5.92 Å². The highest BCUT2D eigenvalue weighted by Gasteiger charge is 2.52. The molecule has 0 amide bonds. The number of fused-ring (bicyclic) bond motifs is 1. The quantitative estimate of drug-likeness (QED) is 0.455. The molecule has 1 saturated heterocycles. The summed E-state index contributed by atoms with van der Waals surface area (Å²) in [6.45, 7) is 9.72. The Kier molecular flexibility index (Phi) is 5.71. The maximum absolute atomic E-state index is 11.3. The van der Waals surface area contributed by atoms with E-state index in [0.29, 0.717) is 12.8 Å². The SMILES string of the molecule is C=C(C(=O)O)[C@H]1CC/C(C)=C/CC[C@@](C)(O)/C=C/C[C@@]2(C)O[C@@H]2C1. The third-order valence-corrected chi connectivity index (χ3v) is 5.33. The molecule has 0 radical (unpaired) electrons. The second-order valence-electron chi connectivity index (χ2n) is 7.77. The molecule has 0 aromatic heterocycles. The number of carboxylic acid groups (broad SMARTS) is 1. The van der Waals surface area contributed by atoms with Crippen LogP contribution in [0.2, 0.25) is 0 Å². The predicted molar refractivity (Wildman–Crippen MR) is 94.8 cm³/mol. The number of ether oxygens (including phenoxy) is 1. The number of epoxide rings is 1. The highest BCUT2D eigenvalue weighted by Crippen LogP contribution is 2.45. The number of aliphatic carboxylic acids is 1. The highest BCUT2D eigenvalue weighted by atomic mass is 16.6. The zero-order valence-electron chi connectivity index (χ0n) is 15.0. The van der Waals surface area contributed by atoms with Crippen LogP contribution in [-0.2, 0) is 9.53 Å². The maximum Gasteiger partial charge on any atom is 0.331 e. The highest BCUT2D eigenvalue weighted by molar-refractivity contribution is 5.86. The van der Waals surface area contributed by atoms with Gasteiger partial charge in [-0.1, -0.05) is 30.4 Å². The lowest BCUT2D eigenvalue weighted by Gasteiger charge is -2.20. The summed E-state index contributed by atoms with van der Waals surface area (Å²) < 4.78 is 5.85. The summed E-state index contributed by atoms with van der Waals surface area (Å²) in [6, 6.07) is 0. The molecule has 0 aromatic carbocycles. The Morgan fingerprint density at radius 2 is 2.12 bits per heavy atom. The molecule has 2 N–H and O–H groups in total. The number of aliphatic hydroxyl groups is 1. The minimum Gasteiger partial charge on any atom is -0.478 e. The molecule has 1 aliphatic heterocycles. The molecule has 1 aliphatic carbocycles. The molecule has 4 atom stereocenters. The Labute approximate surface area is 144 Å². The van der Waals surface area contributed by atoms with Crippen molar-refractivity contribution >= 4 is 5.97 Å². The van der Waals surface area contributed by atoms with Crippen LogP contribution in [0.15, 0.2) is 36.0 Å². The van der Waals surface area contributed by atoms with Gasteiger partial charge in [0, 0.05) is 5.57 Å². The Morgan fingerprint density at radius 3 is 2.79 bits per heavy atom. The molecule has 0 unspecified atom stereocenters. The molecule has 1 fully saturated rings. The van der Waals surface area contributed by atoms with Crippen molar-refractivity contribution in [3.63, 3.8) is 0 Å². The van der Waals surface area contributed by atoms with Crippen molar-refractivity contribution in [2.75, 3.05) is 0 Å². The summed E-state index contributed by atoms with van der Waals surface area (Å²) in [7, 11) is 0. The molecular weight excluding hydrogens is 304 g/mol. The van der Waals surface area contributed by atoms with Gasteiger partial charge in [-0.2, -0.15) is 0 Å². The molecule has 0 bridgehead atoms. The molecule has 0 spiro atoms. The summed E-state index contributed by atoms with van der Waals surface area (Å²) in [6.07, 6.45) is 10.6. The van der Waals surface area contributed by atoms with Crippen LogP contribution < -0.4 is 0 Å². The zero-order valence-corrected chi connectivity index (χ0v) is 15.0. The van der Waals surface area contributed by atoms with Gasteiger partial charge >= 0.3 is 5.97 Å². The minimum atomic E-state index is -0.916. The average Bonchev–Trinajstić information content (AvgIpc) is 3.11. The average molecular weight is 334 g/mol. The lowest BCUT2D eigenvalue weighted by molar-refractivity contribution is -0.133. The van der Waals surface area contributed by atoms with E-state index >= 15 is 0 Å². The first-order valence-electron chi connectivity index (χ1n) is 8.78. The largest absolute Gasteiger partial charge is 0.478 e. The van der Waals surface area contributed by atoms with Gasteiger partial charge in [-0.3, -0.25) is 0 Å². The molecule has 24 heavy (non-hydrogen) atoms. The zero-order chi connectivity index (χ0) is 18.0. The van der Waals surface area contributed by atoms with Crippen LogP contribution in [-0.4, -0.2) is 33.5 Å². The van der Waals surface area contributed by atoms with Crippen molar-refractivity contribution in [3.8, 4) is 0 Å². The van der Waals surface area contributed by atoms with Gasteiger partial charge in [-0.15, -0.1) is 0 Å². The van der Waals surface area contributed by atoms with Gasteiger partial charge in [0.15, 0.2) is 0 Å². The van der Waals surface area contributed by atoms with Crippen LogP contribution >= 0.6 is 0 Å². The van der Waals surface area contributed by atoms with Crippen molar-refractivity contribution in [1.29, 1.82) is 0 Å². The van der Waals surface area contributed by atoms with Crippen molar-refractivity contribution < 1.29 is 19.7 Å². The van der Waals surface area contributed by atoms with Gasteiger partial charge in [-0.25, -0.2) is 4.79 Å². The monoisotopic (exact) mass is 334 g/mol. The predicted octanol–water partition coefficient (Wildman–Crippen LogP) is 4.01. The Balaban J connectivity index is 2.15. The summed E-state index contributed by atoms with van der Waals surface area (Å²) in [5.41, 5.74) is 0.459. The summed E-state index contributed by atoms with van der Waals surface area (Å²) >= 11 is 0. The maximum atomic E-state index is 11.3. The lowest BCUT2D eigenvalue weighted by Crippen LogP contribution is -2.21. The van der Waals surface area contributed by atoms with Crippen LogP contribution in [0.5, 0.6) is 0 Å². The Hall–Kier alpha value is -1.39. The number of carboxylic acids is 1. The molecule has 134 valence electrons. The van der Waals surface area contributed by atoms with Gasteiger partial charge in [-0.05, 0) is 65.2 Å².